The first-order chi connectivity index (χ1) is 13.2. The van der Waals surface area contributed by atoms with E-state index in [0.29, 0.717) is 11.8 Å². The summed E-state index contributed by atoms with van der Waals surface area (Å²) in [5.41, 5.74) is 1.51. The standard InChI is InChI=1S/C22H31N3O2/c26-20(7-6-17-4-2-1-3-5-17)25-14-8-18(9-15-25)24-21(27)19-16-22(19)10-12-23-13-11-22/h1-5,18-19,23H,6-16H2,(H,24,27). The quantitative estimate of drug-likeness (QED) is 0.836. The van der Waals surface area contributed by atoms with Gasteiger partial charge in [-0.1, -0.05) is 30.3 Å². The molecule has 2 saturated heterocycles. The molecule has 2 amide bonds. The number of carbonyl (C=O) groups excluding carboxylic acids is 2. The van der Waals surface area contributed by atoms with Crippen LogP contribution in [0.25, 0.3) is 0 Å². The number of nitrogens with zero attached hydrogens (tertiary/aromatic N) is 1. The molecule has 1 saturated carbocycles. The Kier molecular flexibility index (Phi) is 5.48. The maximum Gasteiger partial charge on any atom is 0.223 e. The van der Waals surface area contributed by atoms with Crippen molar-refractivity contribution in [1.29, 1.82) is 0 Å². The van der Waals surface area contributed by atoms with Gasteiger partial charge < -0.3 is 15.5 Å². The Morgan fingerprint density at radius 2 is 1.81 bits per heavy atom. The second-order valence-corrected chi connectivity index (χ2v) is 8.52. The second kappa shape index (κ2) is 8.01. The molecule has 0 aromatic heterocycles. The number of carbonyl (C=O) groups is 2. The summed E-state index contributed by atoms with van der Waals surface area (Å²) in [5.74, 6) is 0.718. The van der Waals surface area contributed by atoms with E-state index in [4.69, 9.17) is 0 Å². The molecule has 5 nitrogen and oxygen atoms in total. The monoisotopic (exact) mass is 369 g/mol. The Bertz CT molecular complexity index is 661. The first-order valence-corrected chi connectivity index (χ1v) is 10.5. The first-order valence-electron chi connectivity index (χ1n) is 10.5. The van der Waals surface area contributed by atoms with Crippen LogP contribution in [0.4, 0.5) is 0 Å². The van der Waals surface area contributed by atoms with Gasteiger partial charge in [-0.3, -0.25) is 9.59 Å². The topological polar surface area (TPSA) is 61.4 Å². The highest BCUT2D eigenvalue weighted by Crippen LogP contribution is 2.58. The van der Waals surface area contributed by atoms with Crippen LogP contribution < -0.4 is 10.6 Å². The number of aryl methyl sites for hydroxylation is 1. The Morgan fingerprint density at radius 3 is 2.52 bits per heavy atom. The van der Waals surface area contributed by atoms with Crippen molar-refractivity contribution in [1.82, 2.24) is 15.5 Å². The van der Waals surface area contributed by atoms with E-state index in [-0.39, 0.29) is 23.8 Å². The third-order valence-electron chi connectivity index (χ3n) is 6.77. The summed E-state index contributed by atoms with van der Waals surface area (Å²) >= 11 is 0. The largest absolute Gasteiger partial charge is 0.353 e. The van der Waals surface area contributed by atoms with E-state index in [0.717, 1.165) is 64.7 Å². The number of rotatable bonds is 5. The summed E-state index contributed by atoms with van der Waals surface area (Å²) in [6.45, 7) is 3.62. The molecule has 2 aliphatic heterocycles. The van der Waals surface area contributed by atoms with Gasteiger partial charge in [0.2, 0.25) is 11.8 Å². The van der Waals surface area contributed by atoms with Gasteiger partial charge in [-0.15, -0.1) is 0 Å². The molecule has 5 heteroatoms. The molecule has 1 spiro atoms. The van der Waals surface area contributed by atoms with Crippen molar-refractivity contribution in [2.75, 3.05) is 26.2 Å². The predicted molar refractivity (Wildman–Crippen MR) is 105 cm³/mol. The van der Waals surface area contributed by atoms with Crippen LogP contribution in [0.2, 0.25) is 0 Å². The molecule has 1 atom stereocenters. The molecule has 4 rings (SSSR count). The van der Waals surface area contributed by atoms with Gasteiger partial charge in [0, 0.05) is 31.5 Å². The minimum absolute atomic E-state index is 0.227. The third kappa shape index (κ3) is 4.34. The van der Waals surface area contributed by atoms with E-state index in [1.807, 2.05) is 23.1 Å². The third-order valence-corrected chi connectivity index (χ3v) is 6.77. The van der Waals surface area contributed by atoms with E-state index in [9.17, 15) is 9.59 Å². The van der Waals surface area contributed by atoms with Crippen molar-refractivity contribution < 1.29 is 9.59 Å². The van der Waals surface area contributed by atoms with Gasteiger partial charge in [0.05, 0.1) is 0 Å². The van der Waals surface area contributed by atoms with Crippen LogP contribution in [-0.4, -0.2) is 48.9 Å². The van der Waals surface area contributed by atoms with Crippen LogP contribution in [0, 0.1) is 11.3 Å². The normalized spacial score (nSPS) is 24.6. The maximum absolute atomic E-state index is 12.6. The lowest BCUT2D eigenvalue weighted by Crippen LogP contribution is -2.47. The summed E-state index contributed by atoms with van der Waals surface area (Å²) in [4.78, 5) is 27.0. The highest BCUT2D eigenvalue weighted by atomic mass is 16.2. The number of amides is 2. The zero-order valence-electron chi connectivity index (χ0n) is 16.1. The van der Waals surface area contributed by atoms with Crippen LogP contribution >= 0.6 is 0 Å². The van der Waals surface area contributed by atoms with Gasteiger partial charge in [0.25, 0.3) is 0 Å². The molecule has 0 bridgehead atoms. The molecular weight excluding hydrogens is 338 g/mol. The minimum atomic E-state index is 0.227. The van der Waals surface area contributed by atoms with Gasteiger partial charge in [0.15, 0.2) is 0 Å². The lowest BCUT2D eigenvalue weighted by atomic mass is 9.91. The van der Waals surface area contributed by atoms with E-state index in [2.05, 4.69) is 22.8 Å². The second-order valence-electron chi connectivity index (χ2n) is 8.52. The molecule has 1 aromatic rings. The predicted octanol–water partition coefficient (Wildman–Crippen LogP) is 2.12. The number of hydrogen-bond donors (Lipinski definition) is 2. The Morgan fingerprint density at radius 1 is 1.11 bits per heavy atom. The first kappa shape index (κ1) is 18.5. The van der Waals surface area contributed by atoms with Gasteiger partial charge >= 0.3 is 0 Å². The summed E-state index contributed by atoms with van der Waals surface area (Å²) in [5, 5.41) is 6.66. The molecule has 0 radical (unpaired) electrons. The number of piperidine rings is 2. The van der Waals surface area contributed by atoms with Crippen molar-refractivity contribution in [3.63, 3.8) is 0 Å². The van der Waals surface area contributed by atoms with Crippen LogP contribution in [-0.2, 0) is 16.0 Å². The van der Waals surface area contributed by atoms with E-state index in [1.54, 1.807) is 0 Å². The molecule has 146 valence electrons. The lowest BCUT2D eigenvalue weighted by molar-refractivity contribution is -0.132. The van der Waals surface area contributed by atoms with Crippen molar-refractivity contribution in [2.45, 2.75) is 51.0 Å². The van der Waals surface area contributed by atoms with E-state index in [1.165, 1.54) is 5.56 Å². The van der Waals surface area contributed by atoms with Gasteiger partial charge in [-0.05, 0) is 62.6 Å². The molecule has 2 N–H and O–H groups in total. The Hall–Kier alpha value is -1.88. The van der Waals surface area contributed by atoms with E-state index >= 15 is 0 Å². The van der Waals surface area contributed by atoms with Crippen LogP contribution in [0.1, 0.15) is 44.1 Å². The average molecular weight is 370 g/mol. The Labute approximate surface area is 161 Å². The summed E-state index contributed by atoms with van der Waals surface area (Å²) in [6, 6.07) is 10.4. The fourth-order valence-corrected chi connectivity index (χ4v) is 4.82. The maximum atomic E-state index is 12.6. The van der Waals surface area contributed by atoms with E-state index < -0.39 is 0 Å². The van der Waals surface area contributed by atoms with Crippen molar-refractivity contribution in [3.8, 4) is 0 Å². The molecule has 27 heavy (non-hydrogen) atoms. The Balaban J connectivity index is 1.18. The molecule has 3 aliphatic rings. The smallest absolute Gasteiger partial charge is 0.223 e. The number of likely N-dealkylation sites (tertiary alicyclic amines) is 1. The van der Waals surface area contributed by atoms with Crippen LogP contribution in [0.3, 0.4) is 0 Å². The molecular formula is C22H31N3O2. The summed E-state index contributed by atoms with van der Waals surface area (Å²) in [6.07, 6.45) is 6.47. The number of benzene rings is 1. The zero-order chi connectivity index (χ0) is 18.7. The highest BCUT2D eigenvalue weighted by Gasteiger charge is 2.57. The van der Waals surface area contributed by atoms with Crippen LogP contribution in [0.5, 0.6) is 0 Å². The highest BCUT2D eigenvalue weighted by molar-refractivity contribution is 5.83. The molecule has 1 unspecified atom stereocenters. The van der Waals surface area contributed by atoms with Crippen molar-refractivity contribution >= 4 is 11.8 Å². The molecule has 1 aliphatic carbocycles. The zero-order valence-corrected chi connectivity index (χ0v) is 16.1. The molecule has 3 fully saturated rings. The van der Waals surface area contributed by atoms with Crippen LogP contribution in [0.15, 0.2) is 30.3 Å². The molecule has 2 heterocycles. The average Bonchev–Trinajstić information content (AvgIpc) is 3.41. The SMILES string of the molecule is O=C(NC1CCN(C(=O)CCc2ccccc2)CC1)C1CC12CCNCC2. The number of hydrogen-bond acceptors (Lipinski definition) is 3. The van der Waals surface area contributed by atoms with Crippen molar-refractivity contribution in [3.05, 3.63) is 35.9 Å². The molecule has 1 aromatic carbocycles. The van der Waals surface area contributed by atoms with Gasteiger partial charge in [-0.25, -0.2) is 0 Å². The number of nitrogens with one attached hydrogen (secondary N) is 2. The summed E-state index contributed by atoms with van der Waals surface area (Å²) < 4.78 is 0. The minimum Gasteiger partial charge on any atom is -0.353 e. The van der Waals surface area contributed by atoms with Gasteiger partial charge in [0.1, 0.15) is 0 Å². The lowest BCUT2D eigenvalue weighted by Gasteiger charge is -2.33. The van der Waals surface area contributed by atoms with Crippen molar-refractivity contribution in [2.24, 2.45) is 11.3 Å². The fraction of sp³-hybridized carbons (Fsp3) is 0.636. The fourth-order valence-electron chi connectivity index (χ4n) is 4.82. The van der Waals surface area contributed by atoms with Gasteiger partial charge in [-0.2, -0.15) is 0 Å². The summed E-state index contributed by atoms with van der Waals surface area (Å²) in [7, 11) is 0.